The second kappa shape index (κ2) is 4.58. The first kappa shape index (κ1) is 12.3. The largest absolute Gasteiger partial charge is 0.369 e. The van der Waals surface area contributed by atoms with E-state index >= 15 is 0 Å². The quantitative estimate of drug-likeness (QED) is 0.747. The molecule has 0 aromatic carbocycles. The van der Waals surface area contributed by atoms with Crippen LogP contribution in [0.5, 0.6) is 0 Å². The molecule has 1 aromatic rings. The van der Waals surface area contributed by atoms with Crippen LogP contribution in [0, 0.1) is 17.2 Å². The molecule has 0 saturated carbocycles. The highest BCUT2D eigenvalue weighted by atomic mass is 35.5. The average Bonchev–Trinajstić information content (AvgIpc) is 2.71. The standard InChI is InChI=1S/C10H8ClN5O2/c11-10-14-3-6(2-12)9(15-10)16-4-5(8(13)18)1-7(16)17/h3,5H,1,4H2,(H2,13,18). The lowest BCUT2D eigenvalue weighted by Crippen LogP contribution is -2.29. The predicted molar refractivity (Wildman–Crippen MR) is 61.4 cm³/mol. The number of amides is 2. The summed E-state index contributed by atoms with van der Waals surface area (Å²) in [5.41, 5.74) is 5.28. The van der Waals surface area contributed by atoms with Crippen LogP contribution in [0.3, 0.4) is 0 Å². The van der Waals surface area contributed by atoms with Gasteiger partial charge in [0.15, 0.2) is 5.82 Å². The van der Waals surface area contributed by atoms with Crippen molar-refractivity contribution in [3.63, 3.8) is 0 Å². The maximum Gasteiger partial charge on any atom is 0.229 e. The van der Waals surface area contributed by atoms with Crippen LogP contribution in [0.1, 0.15) is 12.0 Å². The Balaban J connectivity index is 2.38. The number of rotatable bonds is 2. The van der Waals surface area contributed by atoms with E-state index in [1.165, 1.54) is 11.1 Å². The van der Waals surface area contributed by atoms with Gasteiger partial charge in [0.2, 0.25) is 17.1 Å². The van der Waals surface area contributed by atoms with Gasteiger partial charge in [0, 0.05) is 13.0 Å². The molecular weight excluding hydrogens is 258 g/mol. The number of nitrogens with two attached hydrogens (primary N) is 1. The van der Waals surface area contributed by atoms with Crippen LogP contribution < -0.4 is 10.6 Å². The van der Waals surface area contributed by atoms with Gasteiger partial charge < -0.3 is 5.73 Å². The van der Waals surface area contributed by atoms with Crippen LogP contribution in [0.25, 0.3) is 0 Å². The molecule has 1 aliphatic rings. The molecule has 0 bridgehead atoms. The fourth-order valence-corrected chi connectivity index (χ4v) is 1.87. The van der Waals surface area contributed by atoms with E-state index in [0.717, 1.165) is 0 Å². The summed E-state index contributed by atoms with van der Waals surface area (Å²) in [6, 6.07) is 1.87. The van der Waals surface area contributed by atoms with Crippen LogP contribution >= 0.6 is 11.6 Å². The molecule has 2 amide bonds. The smallest absolute Gasteiger partial charge is 0.229 e. The second-order valence-corrected chi connectivity index (χ2v) is 4.13. The number of hydrogen-bond donors (Lipinski definition) is 1. The summed E-state index contributed by atoms with van der Waals surface area (Å²) in [4.78, 5) is 31.6. The molecule has 2 N–H and O–H groups in total. The van der Waals surface area contributed by atoms with Crippen molar-refractivity contribution in [1.82, 2.24) is 9.97 Å². The number of carbonyl (C=O) groups excluding carboxylic acids is 2. The number of nitrogens with zero attached hydrogens (tertiary/aromatic N) is 4. The number of halogens is 1. The molecule has 2 rings (SSSR count). The highest BCUT2D eigenvalue weighted by molar-refractivity contribution is 6.28. The van der Waals surface area contributed by atoms with Crippen molar-refractivity contribution in [2.45, 2.75) is 6.42 Å². The monoisotopic (exact) mass is 265 g/mol. The molecule has 1 saturated heterocycles. The van der Waals surface area contributed by atoms with Crippen molar-refractivity contribution < 1.29 is 9.59 Å². The van der Waals surface area contributed by atoms with Crippen LogP contribution in [0.2, 0.25) is 5.28 Å². The molecular formula is C10H8ClN5O2. The first-order valence-electron chi connectivity index (χ1n) is 5.05. The third-order valence-corrected chi connectivity index (χ3v) is 2.82. The van der Waals surface area contributed by atoms with E-state index < -0.39 is 11.8 Å². The average molecular weight is 266 g/mol. The summed E-state index contributed by atoms with van der Waals surface area (Å²) >= 11 is 5.64. The van der Waals surface area contributed by atoms with Gasteiger partial charge in [0.05, 0.1) is 12.1 Å². The van der Waals surface area contributed by atoms with Gasteiger partial charge in [-0.25, -0.2) is 4.98 Å². The summed E-state index contributed by atoms with van der Waals surface area (Å²) in [7, 11) is 0. The molecule has 0 aliphatic carbocycles. The zero-order valence-corrected chi connectivity index (χ0v) is 9.89. The Labute approximate surface area is 107 Å². The summed E-state index contributed by atoms with van der Waals surface area (Å²) in [5.74, 6) is -1.32. The van der Waals surface area contributed by atoms with Crippen molar-refractivity contribution in [3.05, 3.63) is 17.0 Å². The van der Waals surface area contributed by atoms with Gasteiger partial charge in [-0.15, -0.1) is 0 Å². The van der Waals surface area contributed by atoms with Crippen molar-refractivity contribution >= 4 is 29.2 Å². The normalized spacial score (nSPS) is 18.8. The van der Waals surface area contributed by atoms with E-state index in [0.29, 0.717) is 0 Å². The Kier molecular flexibility index (Phi) is 3.12. The topological polar surface area (TPSA) is 113 Å². The molecule has 0 spiro atoms. The third kappa shape index (κ3) is 2.10. The van der Waals surface area contributed by atoms with E-state index in [1.54, 1.807) is 0 Å². The molecule has 1 fully saturated rings. The van der Waals surface area contributed by atoms with Crippen LogP contribution in [0.4, 0.5) is 5.82 Å². The lowest BCUT2D eigenvalue weighted by molar-refractivity contribution is -0.123. The SMILES string of the molecule is N#Cc1cnc(Cl)nc1N1CC(C(N)=O)CC1=O. The maximum atomic E-state index is 11.8. The van der Waals surface area contributed by atoms with E-state index in [2.05, 4.69) is 9.97 Å². The summed E-state index contributed by atoms with van der Waals surface area (Å²) < 4.78 is 0. The number of aromatic nitrogens is 2. The molecule has 18 heavy (non-hydrogen) atoms. The Bertz CT molecular complexity index is 568. The fraction of sp³-hybridized carbons (Fsp3) is 0.300. The van der Waals surface area contributed by atoms with E-state index in [4.69, 9.17) is 22.6 Å². The molecule has 2 heterocycles. The predicted octanol–water partition coefficient (Wildman–Crippen LogP) is -0.160. The number of carbonyl (C=O) groups is 2. The summed E-state index contributed by atoms with van der Waals surface area (Å²) in [6.07, 6.45) is 1.25. The first-order chi connectivity index (χ1) is 8.52. The molecule has 0 radical (unpaired) electrons. The van der Waals surface area contributed by atoms with Crippen molar-refractivity contribution in [2.75, 3.05) is 11.4 Å². The zero-order valence-electron chi connectivity index (χ0n) is 9.13. The zero-order chi connectivity index (χ0) is 13.3. The van der Waals surface area contributed by atoms with Gasteiger partial charge >= 0.3 is 0 Å². The molecule has 1 aliphatic heterocycles. The third-order valence-electron chi connectivity index (χ3n) is 2.64. The molecule has 1 atom stereocenters. The second-order valence-electron chi connectivity index (χ2n) is 3.80. The Morgan fingerprint density at radius 1 is 1.67 bits per heavy atom. The number of nitriles is 1. The molecule has 1 unspecified atom stereocenters. The van der Waals surface area contributed by atoms with E-state index in [1.807, 2.05) is 6.07 Å². The molecule has 92 valence electrons. The minimum Gasteiger partial charge on any atom is -0.369 e. The lowest BCUT2D eigenvalue weighted by Gasteiger charge is -2.15. The van der Waals surface area contributed by atoms with Crippen LogP contribution in [0.15, 0.2) is 6.20 Å². The highest BCUT2D eigenvalue weighted by Crippen LogP contribution is 2.26. The maximum absolute atomic E-state index is 11.8. The number of primary amides is 1. The Morgan fingerprint density at radius 3 is 2.94 bits per heavy atom. The van der Waals surface area contributed by atoms with Gasteiger partial charge in [-0.2, -0.15) is 10.2 Å². The molecule has 1 aromatic heterocycles. The molecule has 8 heteroatoms. The van der Waals surface area contributed by atoms with Crippen molar-refractivity contribution in [3.8, 4) is 6.07 Å². The van der Waals surface area contributed by atoms with Crippen molar-refractivity contribution in [2.24, 2.45) is 11.7 Å². The van der Waals surface area contributed by atoms with Crippen molar-refractivity contribution in [1.29, 1.82) is 5.26 Å². The highest BCUT2D eigenvalue weighted by Gasteiger charge is 2.35. The Hall–Kier alpha value is -2.20. The minimum atomic E-state index is -0.571. The first-order valence-corrected chi connectivity index (χ1v) is 5.43. The molecule has 7 nitrogen and oxygen atoms in total. The lowest BCUT2D eigenvalue weighted by atomic mass is 10.1. The number of hydrogen-bond acceptors (Lipinski definition) is 5. The van der Waals surface area contributed by atoms with E-state index in [9.17, 15) is 9.59 Å². The summed E-state index contributed by atoms with van der Waals surface area (Å²) in [6.45, 7) is 0.107. The van der Waals surface area contributed by atoms with Crippen LogP contribution in [-0.4, -0.2) is 28.3 Å². The number of anilines is 1. The van der Waals surface area contributed by atoms with Gasteiger partial charge in [0.25, 0.3) is 0 Å². The van der Waals surface area contributed by atoms with E-state index in [-0.39, 0.29) is 35.5 Å². The summed E-state index contributed by atoms with van der Waals surface area (Å²) in [5, 5.41) is 8.86. The Morgan fingerprint density at radius 2 is 2.39 bits per heavy atom. The van der Waals surface area contributed by atoms with Gasteiger partial charge in [-0.1, -0.05) is 0 Å². The van der Waals surface area contributed by atoms with Gasteiger partial charge in [-0.3, -0.25) is 14.5 Å². The fourth-order valence-electron chi connectivity index (χ4n) is 1.74. The minimum absolute atomic E-state index is 0.0157. The van der Waals surface area contributed by atoms with Gasteiger partial charge in [0.1, 0.15) is 11.6 Å². The van der Waals surface area contributed by atoms with Gasteiger partial charge in [-0.05, 0) is 11.6 Å². The van der Waals surface area contributed by atoms with Crippen LogP contribution in [-0.2, 0) is 9.59 Å².